The van der Waals surface area contributed by atoms with Crippen LogP contribution >= 0.6 is 11.8 Å². The lowest BCUT2D eigenvalue weighted by molar-refractivity contribution is 0.0952. The highest BCUT2D eigenvalue weighted by atomic mass is 32.2. The van der Waals surface area contributed by atoms with E-state index in [9.17, 15) is 9.59 Å². The van der Waals surface area contributed by atoms with Crippen LogP contribution in [0.25, 0.3) is 0 Å². The van der Waals surface area contributed by atoms with Crippen molar-refractivity contribution in [1.29, 1.82) is 0 Å². The third kappa shape index (κ3) is 2.72. The number of thioether (sulfide) groups is 1. The molecule has 1 aromatic rings. The van der Waals surface area contributed by atoms with Crippen molar-refractivity contribution < 1.29 is 4.79 Å². The summed E-state index contributed by atoms with van der Waals surface area (Å²) in [6, 6.07) is 3.03. The molecule has 0 aromatic carbocycles. The molecule has 0 bridgehead atoms. The van der Waals surface area contributed by atoms with E-state index in [1.807, 2.05) is 0 Å². The first-order valence-corrected chi connectivity index (χ1v) is 6.79. The average molecular weight is 252 g/mol. The predicted octanol–water partition coefficient (Wildman–Crippen LogP) is 1.01. The molecule has 0 saturated heterocycles. The van der Waals surface area contributed by atoms with Crippen molar-refractivity contribution in [2.45, 2.75) is 17.6 Å². The van der Waals surface area contributed by atoms with E-state index in [0.29, 0.717) is 12.1 Å². The summed E-state index contributed by atoms with van der Waals surface area (Å²) < 4.78 is 1.69. The molecule has 92 valence electrons. The highest BCUT2D eigenvalue weighted by Crippen LogP contribution is 2.46. The molecule has 1 fully saturated rings. The Hall–Kier alpha value is -1.23. The molecular weight excluding hydrogens is 236 g/mol. The average Bonchev–Trinajstić information content (AvgIpc) is 3.10. The van der Waals surface area contributed by atoms with Gasteiger partial charge in [0.2, 0.25) is 0 Å². The summed E-state index contributed by atoms with van der Waals surface area (Å²) in [5.74, 6) is -0.164. The monoisotopic (exact) mass is 252 g/mol. The largest absolute Gasteiger partial charge is 0.351 e. The zero-order valence-corrected chi connectivity index (χ0v) is 10.8. The van der Waals surface area contributed by atoms with Crippen LogP contribution < -0.4 is 10.9 Å². The van der Waals surface area contributed by atoms with Gasteiger partial charge in [-0.2, -0.15) is 11.8 Å². The number of hydrogen-bond donors (Lipinski definition) is 1. The Bertz CT molecular complexity index is 492. The Morgan fingerprint density at radius 1 is 1.59 bits per heavy atom. The molecular formula is C12H16N2O2S. The van der Waals surface area contributed by atoms with Gasteiger partial charge in [0.05, 0.1) is 0 Å². The van der Waals surface area contributed by atoms with Gasteiger partial charge in [0.15, 0.2) is 0 Å². The van der Waals surface area contributed by atoms with Gasteiger partial charge in [-0.3, -0.25) is 9.59 Å². The maximum Gasteiger partial charge on any atom is 0.251 e. The van der Waals surface area contributed by atoms with E-state index in [0.717, 1.165) is 12.8 Å². The van der Waals surface area contributed by atoms with Crippen LogP contribution in [0.15, 0.2) is 23.1 Å². The minimum absolute atomic E-state index is 0.163. The van der Waals surface area contributed by atoms with Crippen LogP contribution in [0.1, 0.15) is 23.2 Å². The zero-order valence-electron chi connectivity index (χ0n) is 10.0. The van der Waals surface area contributed by atoms with E-state index < -0.39 is 0 Å². The topological polar surface area (TPSA) is 51.1 Å². The maximum absolute atomic E-state index is 11.8. The van der Waals surface area contributed by atoms with Crippen molar-refractivity contribution in [3.8, 4) is 0 Å². The fraction of sp³-hybridized carbons (Fsp3) is 0.500. The first-order chi connectivity index (χ1) is 8.06. The molecule has 2 rings (SSSR count). The molecule has 1 N–H and O–H groups in total. The van der Waals surface area contributed by atoms with Crippen LogP contribution in [0.5, 0.6) is 0 Å². The summed E-state index contributed by atoms with van der Waals surface area (Å²) in [6.45, 7) is 0.683. The van der Waals surface area contributed by atoms with Crippen molar-refractivity contribution in [3.63, 3.8) is 0 Å². The number of amides is 1. The van der Waals surface area contributed by atoms with Crippen molar-refractivity contribution in [2.75, 3.05) is 12.8 Å². The van der Waals surface area contributed by atoms with E-state index in [1.54, 1.807) is 31.1 Å². The fourth-order valence-electron chi connectivity index (χ4n) is 1.63. The van der Waals surface area contributed by atoms with Gasteiger partial charge in [0, 0.05) is 36.2 Å². The SMILES string of the molecule is CSC1(CNC(=O)c2ccn(C)c(=O)c2)CC1. The lowest BCUT2D eigenvalue weighted by atomic mass is 10.2. The maximum atomic E-state index is 11.8. The minimum Gasteiger partial charge on any atom is -0.351 e. The van der Waals surface area contributed by atoms with Gasteiger partial charge in [0.25, 0.3) is 11.5 Å². The number of carbonyl (C=O) groups is 1. The summed E-state index contributed by atoms with van der Waals surface area (Å²) in [5.41, 5.74) is 0.272. The van der Waals surface area contributed by atoms with Crippen molar-refractivity contribution >= 4 is 17.7 Å². The fourth-order valence-corrected chi connectivity index (χ4v) is 2.35. The highest BCUT2D eigenvalue weighted by molar-refractivity contribution is 8.00. The summed E-state index contributed by atoms with van der Waals surface area (Å²) in [6.07, 6.45) is 5.99. The van der Waals surface area contributed by atoms with E-state index in [-0.39, 0.29) is 16.2 Å². The Labute approximate surface area is 104 Å². The van der Waals surface area contributed by atoms with E-state index in [2.05, 4.69) is 11.6 Å². The second-order valence-electron chi connectivity index (χ2n) is 4.43. The molecule has 0 atom stereocenters. The first kappa shape index (κ1) is 12.2. The molecule has 5 heteroatoms. The van der Waals surface area contributed by atoms with Crippen molar-refractivity contribution in [3.05, 3.63) is 34.2 Å². The van der Waals surface area contributed by atoms with Crippen LogP contribution in [0.4, 0.5) is 0 Å². The number of nitrogens with zero attached hydrogens (tertiary/aromatic N) is 1. The number of nitrogens with one attached hydrogen (secondary N) is 1. The number of aryl methyl sites for hydroxylation is 1. The van der Waals surface area contributed by atoms with Gasteiger partial charge in [-0.15, -0.1) is 0 Å². The molecule has 1 aliphatic carbocycles. The van der Waals surface area contributed by atoms with Gasteiger partial charge in [0.1, 0.15) is 0 Å². The summed E-state index contributed by atoms with van der Waals surface area (Å²) >= 11 is 1.80. The van der Waals surface area contributed by atoms with Crippen molar-refractivity contribution in [1.82, 2.24) is 9.88 Å². The number of pyridine rings is 1. The molecule has 17 heavy (non-hydrogen) atoms. The van der Waals surface area contributed by atoms with Gasteiger partial charge >= 0.3 is 0 Å². The third-order valence-corrected chi connectivity index (χ3v) is 4.60. The minimum atomic E-state index is -0.164. The molecule has 1 saturated carbocycles. The number of aromatic nitrogens is 1. The first-order valence-electron chi connectivity index (χ1n) is 5.56. The quantitative estimate of drug-likeness (QED) is 0.870. The van der Waals surface area contributed by atoms with Crippen LogP contribution in [0, 0.1) is 0 Å². The molecule has 1 amide bonds. The Morgan fingerprint density at radius 2 is 2.29 bits per heavy atom. The zero-order chi connectivity index (χ0) is 12.5. The number of carbonyl (C=O) groups excluding carboxylic acids is 1. The number of hydrogen-bond acceptors (Lipinski definition) is 3. The molecule has 1 heterocycles. The lowest BCUT2D eigenvalue weighted by Gasteiger charge is -2.12. The lowest BCUT2D eigenvalue weighted by Crippen LogP contribution is -2.32. The van der Waals surface area contributed by atoms with E-state index in [4.69, 9.17) is 0 Å². The van der Waals surface area contributed by atoms with Gasteiger partial charge in [-0.05, 0) is 25.2 Å². The second-order valence-corrected chi connectivity index (χ2v) is 5.71. The molecule has 0 radical (unpaired) electrons. The van der Waals surface area contributed by atoms with E-state index >= 15 is 0 Å². The van der Waals surface area contributed by atoms with Crippen molar-refractivity contribution in [2.24, 2.45) is 7.05 Å². The summed E-state index contributed by atoms with van der Waals surface area (Å²) in [7, 11) is 1.66. The van der Waals surface area contributed by atoms with Crippen LogP contribution in [0.2, 0.25) is 0 Å². The van der Waals surface area contributed by atoms with E-state index in [1.165, 1.54) is 10.6 Å². The standard InChI is InChI=1S/C12H16N2O2S/c1-14-6-3-9(7-10(14)15)11(16)13-8-12(17-2)4-5-12/h3,6-7H,4-5,8H2,1-2H3,(H,13,16). The van der Waals surface area contributed by atoms with Crippen LogP contribution in [-0.2, 0) is 7.05 Å². The Kier molecular flexibility index (Phi) is 3.28. The smallest absolute Gasteiger partial charge is 0.251 e. The number of rotatable bonds is 4. The molecule has 0 spiro atoms. The normalized spacial score (nSPS) is 16.6. The second kappa shape index (κ2) is 4.56. The highest BCUT2D eigenvalue weighted by Gasteiger charge is 2.41. The van der Waals surface area contributed by atoms with Gasteiger partial charge in [-0.1, -0.05) is 0 Å². The molecule has 4 nitrogen and oxygen atoms in total. The van der Waals surface area contributed by atoms with Gasteiger partial charge < -0.3 is 9.88 Å². The summed E-state index contributed by atoms with van der Waals surface area (Å²) in [5, 5.41) is 2.89. The predicted molar refractivity (Wildman–Crippen MR) is 69.5 cm³/mol. The molecule has 1 aliphatic rings. The van der Waals surface area contributed by atoms with Crippen LogP contribution in [-0.4, -0.2) is 28.0 Å². The third-order valence-electron chi connectivity index (χ3n) is 3.18. The Morgan fingerprint density at radius 3 is 2.82 bits per heavy atom. The molecule has 1 aromatic heterocycles. The molecule has 0 unspecified atom stereocenters. The van der Waals surface area contributed by atoms with Gasteiger partial charge in [-0.25, -0.2) is 0 Å². The Balaban J connectivity index is 2.00. The summed E-state index contributed by atoms with van der Waals surface area (Å²) in [4.78, 5) is 23.2. The van der Waals surface area contributed by atoms with Crippen LogP contribution in [0.3, 0.4) is 0 Å². The molecule has 0 aliphatic heterocycles.